The van der Waals surface area contributed by atoms with E-state index in [0.29, 0.717) is 24.3 Å². The van der Waals surface area contributed by atoms with Crippen LogP contribution in [0.25, 0.3) is 10.9 Å². The maximum Gasteiger partial charge on any atom is 0.325 e. The van der Waals surface area contributed by atoms with Gasteiger partial charge in [-0.05, 0) is 31.2 Å². The van der Waals surface area contributed by atoms with Gasteiger partial charge in [-0.15, -0.1) is 0 Å². The zero-order chi connectivity index (χ0) is 22.7. The first kappa shape index (κ1) is 21.8. The molecule has 7 heteroatoms. The lowest BCUT2D eigenvalue weighted by Gasteiger charge is -2.37. The van der Waals surface area contributed by atoms with Gasteiger partial charge >= 0.3 is 5.97 Å². The van der Waals surface area contributed by atoms with Crippen molar-refractivity contribution in [3.05, 3.63) is 78.0 Å². The number of amides is 1. The van der Waals surface area contributed by atoms with Crippen LogP contribution in [0.2, 0.25) is 0 Å². The van der Waals surface area contributed by atoms with E-state index in [-0.39, 0.29) is 5.91 Å². The molecule has 0 radical (unpaired) electrons. The summed E-state index contributed by atoms with van der Waals surface area (Å²) in [4.78, 5) is 32.2. The van der Waals surface area contributed by atoms with Crippen molar-refractivity contribution in [2.24, 2.45) is 0 Å². The number of benzene rings is 2. The number of hydrogen-bond acceptors (Lipinski definition) is 4. The second-order valence-corrected chi connectivity index (χ2v) is 8.33. The minimum Gasteiger partial charge on any atom is -0.480 e. The van der Waals surface area contributed by atoms with Gasteiger partial charge in [0.25, 0.3) is 5.91 Å². The van der Waals surface area contributed by atoms with Crippen molar-refractivity contribution >= 4 is 28.5 Å². The highest BCUT2D eigenvalue weighted by Crippen LogP contribution is 2.31. The lowest BCUT2D eigenvalue weighted by molar-refractivity contribution is -0.144. The lowest BCUT2D eigenvalue weighted by Crippen LogP contribution is -2.49. The van der Waals surface area contributed by atoms with Crippen LogP contribution in [0.15, 0.2) is 66.9 Å². The molecule has 2 aromatic carbocycles. The molecule has 3 N–H and O–H groups in total. The molecule has 3 aromatic rings. The first-order valence-corrected chi connectivity index (χ1v) is 10.7. The summed E-state index contributed by atoms with van der Waals surface area (Å²) in [5, 5.41) is 13.8. The first-order valence-electron chi connectivity index (χ1n) is 10.7. The molecule has 1 aromatic heterocycles. The van der Waals surface area contributed by atoms with Crippen molar-refractivity contribution in [2.45, 2.75) is 13.0 Å². The molecule has 1 amide bonds. The molecule has 2 heterocycles. The maximum absolute atomic E-state index is 12.4. The highest BCUT2D eigenvalue weighted by Gasteiger charge is 2.32. The van der Waals surface area contributed by atoms with Crippen LogP contribution in [-0.2, 0) is 4.79 Å². The summed E-state index contributed by atoms with van der Waals surface area (Å²) in [5.74, 6) is -1.05. The third-order valence-corrected chi connectivity index (χ3v) is 5.80. The zero-order valence-electron chi connectivity index (χ0n) is 18.2. The predicted octanol–water partition coefficient (Wildman–Crippen LogP) is 3.74. The molecule has 1 saturated heterocycles. The molecule has 1 fully saturated rings. The number of carbonyl (C=O) groups excluding carboxylic acids is 1. The summed E-state index contributed by atoms with van der Waals surface area (Å²) in [7, 11) is 0. The molecule has 0 aliphatic carbocycles. The largest absolute Gasteiger partial charge is 0.480 e. The molecule has 0 bridgehead atoms. The van der Waals surface area contributed by atoms with E-state index in [1.807, 2.05) is 48.2 Å². The average Bonchev–Trinajstić information content (AvgIpc) is 3.18. The Morgan fingerprint density at radius 1 is 1.12 bits per heavy atom. The number of aromatic nitrogens is 1. The number of aromatic amines is 1. The summed E-state index contributed by atoms with van der Waals surface area (Å²) in [6, 6.07) is 13.8. The normalized spacial score (nSPS) is 16.0. The van der Waals surface area contributed by atoms with Crippen LogP contribution in [0.3, 0.4) is 0 Å². The van der Waals surface area contributed by atoms with Gasteiger partial charge < -0.3 is 15.4 Å². The molecule has 1 atom stereocenters. The molecular formula is C25H28N4O3. The first-order chi connectivity index (χ1) is 15.4. The van der Waals surface area contributed by atoms with Gasteiger partial charge in [-0.2, -0.15) is 0 Å². The van der Waals surface area contributed by atoms with Crippen LogP contribution < -0.4 is 5.32 Å². The maximum atomic E-state index is 12.4. The third-order valence-electron chi connectivity index (χ3n) is 5.80. The highest BCUT2D eigenvalue weighted by atomic mass is 16.4. The fourth-order valence-electron chi connectivity index (χ4n) is 4.29. The average molecular weight is 433 g/mol. The van der Waals surface area contributed by atoms with Gasteiger partial charge in [-0.25, -0.2) is 0 Å². The summed E-state index contributed by atoms with van der Waals surface area (Å²) in [5.41, 5.74) is 3.87. The second kappa shape index (κ2) is 9.38. The van der Waals surface area contributed by atoms with Crippen LogP contribution in [0.5, 0.6) is 0 Å². The molecule has 4 rings (SSSR count). The van der Waals surface area contributed by atoms with E-state index in [1.165, 1.54) is 0 Å². The van der Waals surface area contributed by atoms with E-state index in [9.17, 15) is 14.7 Å². The highest BCUT2D eigenvalue weighted by molar-refractivity contribution is 6.05. The number of carboxylic acids is 1. The van der Waals surface area contributed by atoms with E-state index < -0.39 is 12.0 Å². The fourth-order valence-corrected chi connectivity index (χ4v) is 4.29. The van der Waals surface area contributed by atoms with Gasteiger partial charge in [-0.3, -0.25) is 19.4 Å². The molecule has 0 spiro atoms. The fraction of sp³-hybridized carbons (Fsp3) is 0.280. The third kappa shape index (κ3) is 4.74. The van der Waals surface area contributed by atoms with Crippen molar-refractivity contribution in [2.75, 3.05) is 38.0 Å². The smallest absolute Gasteiger partial charge is 0.325 e. The van der Waals surface area contributed by atoms with Crippen LogP contribution in [0, 0.1) is 0 Å². The topological polar surface area (TPSA) is 88.7 Å². The Balaban J connectivity index is 1.52. The molecule has 166 valence electrons. The monoisotopic (exact) mass is 432 g/mol. The van der Waals surface area contributed by atoms with Crippen LogP contribution >= 0.6 is 0 Å². The van der Waals surface area contributed by atoms with Crippen LogP contribution in [-0.4, -0.2) is 64.5 Å². The Bertz CT molecular complexity index is 1130. The Morgan fingerprint density at radius 3 is 2.50 bits per heavy atom. The molecule has 7 nitrogen and oxygen atoms in total. The Labute approximate surface area is 187 Å². The van der Waals surface area contributed by atoms with Crippen LogP contribution in [0.4, 0.5) is 5.69 Å². The number of H-pyrrole nitrogens is 1. The number of carbonyl (C=O) groups is 2. The van der Waals surface area contributed by atoms with Gasteiger partial charge in [0.1, 0.15) is 6.04 Å². The van der Waals surface area contributed by atoms with E-state index in [2.05, 4.69) is 21.8 Å². The number of fused-ring (bicyclic) bond motifs is 1. The number of nitrogens with one attached hydrogen (secondary N) is 2. The van der Waals surface area contributed by atoms with Crippen LogP contribution in [0.1, 0.15) is 28.9 Å². The molecule has 1 aliphatic heterocycles. The predicted molar refractivity (Wildman–Crippen MR) is 126 cm³/mol. The molecule has 0 unspecified atom stereocenters. The molecule has 1 aliphatic rings. The summed E-state index contributed by atoms with van der Waals surface area (Å²) >= 11 is 0. The molecular weight excluding hydrogens is 404 g/mol. The minimum atomic E-state index is -0.860. The van der Waals surface area contributed by atoms with Gasteiger partial charge in [0.2, 0.25) is 0 Å². The van der Waals surface area contributed by atoms with E-state index in [4.69, 9.17) is 0 Å². The number of hydrogen-bond donors (Lipinski definition) is 3. The van der Waals surface area contributed by atoms with E-state index in [0.717, 1.165) is 41.7 Å². The second-order valence-electron chi connectivity index (χ2n) is 8.33. The number of aliphatic carboxylic acids is 1. The Hall–Kier alpha value is -3.42. The Kier molecular flexibility index (Phi) is 6.39. The van der Waals surface area contributed by atoms with Gasteiger partial charge in [0.05, 0.1) is 0 Å². The van der Waals surface area contributed by atoms with Crippen molar-refractivity contribution in [1.29, 1.82) is 0 Å². The van der Waals surface area contributed by atoms with Crippen molar-refractivity contribution in [3.8, 4) is 0 Å². The van der Waals surface area contributed by atoms with E-state index >= 15 is 0 Å². The Morgan fingerprint density at radius 2 is 1.84 bits per heavy atom. The number of nitrogens with zero attached hydrogens (tertiary/aromatic N) is 2. The number of piperazine rings is 1. The molecule has 32 heavy (non-hydrogen) atoms. The molecule has 0 saturated carbocycles. The van der Waals surface area contributed by atoms with Crippen molar-refractivity contribution in [3.63, 3.8) is 0 Å². The van der Waals surface area contributed by atoms with Gasteiger partial charge in [-0.1, -0.05) is 36.4 Å². The van der Waals surface area contributed by atoms with Crippen molar-refractivity contribution in [1.82, 2.24) is 14.8 Å². The quantitative estimate of drug-likeness (QED) is 0.495. The zero-order valence-corrected chi connectivity index (χ0v) is 18.2. The minimum absolute atomic E-state index is 0.187. The summed E-state index contributed by atoms with van der Waals surface area (Å²) in [6.45, 7) is 9.81. The van der Waals surface area contributed by atoms with Gasteiger partial charge in [0.15, 0.2) is 0 Å². The summed E-state index contributed by atoms with van der Waals surface area (Å²) in [6.07, 6.45) is 1.77. The SMILES string of the molecule is C=C(C)CN1CCN([C@H](C(=O)O)c2c[nH]c3cc(NC(=O)c4ccccc4)ccc23)CC1. The van der Waals surface area contributed by atoms with E-state index in [1.54, 1.807) is 18.3 Å². The summed E-state index contributed by atoms with van der Waals surface area (Å²) < 4.78 is 0. The number of carboxylic acid groups (broad SMARTS) is 1. The lowest BCUT2D eigenvalue weighted by atomic mass is 10.0. The standard InChI is InChI=1S/C25H28N4O3/c1-17(2)16-28-10-12-29(13-11-28)23(25(31)32)21-15-26-22-14-19(8-9-20(21)22)27-24(30)18-6-4-3-5-7-18/h3-9,14-15,23,26H,1,10-13,16H2,2H3,(H,27,30)(H,31,32)/t23-/m0/s1. The number of rotatable bonds is 7. The number of anilines is 1. The van der Waals surface area contributed by atoms with Gasteiger partial charge in [0, 0.05) is 66.6 Å². The van der Waals surface area contributed by atoms with Crippen molar-refractivity contribution < 1.29 is 14.7 Å².